The number of pyridine rings is 1. The molecule has 0 N–H and O–H groups in total. The van der Waals surface area contributed by atoms with Crippen LogP contribution in [0.1, 0.15) is 5.56 Å². The highest BCUT2D eigenvalue weighted by molar-refractivity contribution is 5.51. The van der Waals surface area contributed by atoms with Gasteiger partial charge in [0.05, 0.1) is 19.3 Å². The van der Waals surface area contributed by atoms with E-state index in [4.69, 9.17) is 9.47 Å². The van der Waals surface area contributed by atoms with Crippen LogP contribution in [0, 0.1) is 6.92 Å². The summed E-state index contributed by atoms with van der Waals surface area (Å²) >= 11 is 0. The summed E-state index contributed by atoms with van der Waals surface area (Å²) in [6, 6.07) is 2.06. The van der Waals surface area contributed by atoms with Gasteiger partial charge in [0.1, 0.15) is 0 Å². The van der Waals surface area contributed by atoms with Crippen molar-refractivity contribution in [2.75, 3.05) is 38.3 Å². The van der Waals surface area contributed by atoms with Crippen molar-refractivity contribution in [3.05, 3.63) is 24.0 Å². The molecule has 1 aromatic rings. The molecule has 0 spiro atoms. The number of methoxy groups -OCH3 is 1. The monoisotopic (exact) mass is 222 g/mol. The Hall–Kier alpha value is -1.13. The van der Waals surface area contributed by atoms with Crippen molar-refractivity contribution in [3.8, 4) is 0 Å². The fourth-order valence-electron chi connectivity index (χ4n) is 2.05. The maximum Gasteiger partial charge on any atom is 0.0983 e. The molecule has 0 radical (unpaired) electrons. The summed E-state index contributed by atoms with van der Waals surface area (Å²) in [6.07, 6.45) is 3.91. The highest BCUT2D eigenvalue weighted by Gasteiger charge is 2.21. The Bertz CT molecular complexity index is 342. The van der Waals surface area contributed by atoms with Crippen LogP contribution in [-0.4, -0.2) is 44.5 Å². The highest BCUT2D eigenvalue weighted by Crippen LogP contribution is 2.20. The molecule has 0 aliphatic carbocycles. The molecule has 1 fully saturated rings. The summed E-state index contributed by atoms with van der Waals surface area (Å²) in [6.45, 7) is 5.32. The maximum atomic E-state index is 5.63. The zero-order chi connectivity index (χ0) is 11.4. The molecule has 1 atom stereocenters. The van der Waals surface area contributed by atoms with Gasteiger partial charge in [-0.3, -0.25) is 4.98 Å². The first-order valence-corrected chi connectivity index (χ1v) is 5.57. The predicted octanol–water partition coefficient (Wildman–Crippen LogP) is 1.24. The van der Waals surface area contributed by atoms with E-state index in [2.05, 4.69) is 22.9 Å². The van der Waals surface area contributed by atoms with Crippen molar-refractivity contribution in [2.24, 2.45) is 0 Å². The molecular weight excluding hydrogens is 204 g/mol. The topological polar surface area (TPSA) is 34.6 Å². The molecule has 2 heterocycles. The zero-order valence-corrected chi connectivity index (χ0v) is 9.85. The van der Waals surface area contributed by atoms with E-state index in [9.17, 15) is 0 Å². The van der Waals surface area contributed by atoms with Gasteiger partial charge in [-0.2, -0.15) is 0 Å². The zero-order valence-electron chi connectivity index (χ0n) is 9.85. The van der Waals surface area contributed by atoms with Crippen molar-refractivity contribution in [1.82, 2.24) is 4.98 Å². The van der Waals surface area contributed by atoms with Crippen LogP contribution in [0.25, 0.3) is 0 Å². The number of hydrogen-bond donors (Lipinski definition) is 0. The molecule has 0 saturated carbocycles. The average molecular weight is 222 g/mol. The van der Waals surface area contributed by atoms with Crippen LogP contribution in [-0.2, 0) is 9.47 Å². The minimum absolute atomic E-state index is 0.173. The van der Waals surface area contributed by atoms with Crippen molar-refractivity contribution in [1.29, 1.82) is 0 Å². The van der Waals surface area contributed by atoms with E-state index < -0.39 is 0 Å². The van der Waals surface area contributed by atoms with Gasteiger partial charge in [-0.15, -0.1) is 0 Å². The second kappa shape index (κ2) is 5.27. The Balaban J connectivity index is 2.07. The van der Waals surface area contributed by atoms with E-state index in [0.29, 0.717) is 6.61 Å². The highest BCUT2D eigenvalue weighted by atomic mass is 16.5. The van der Waals surface area contributed by atoms with Gasteiger partial charge in [-0.05, 0) is 18.6 Å². The fraction of sp³-hybridized carbons (Fsp3) is 0.583. The molecule has 4 nitrogen and oxygen atoms in total. The summed E-state index contributed by atoms with van der Waals surface area (Å²) in [4.78, 5) is 6.45. The van der Waals surface area contributed by atoms with E-state index in [1.165, 1.54) is 11.3 Å². The van der Waals surface area contributed by atoms with Crippen molar-refractivity contribution >= 4 is 5.69 Å². The summed E-state index contributed by atoms with van der Waals surface area (Å²) < 4.78 is 10.8. The molecule has 4 heteroatoms. The first-order chi connectivity index (χ1) is 7.81. The molecule has 0 aromatic carbocycles. The molecule has 0 amide bonds. The molecule has 88 valence electrons. The van der Waals surface area contributed by atoms with Gasteiger partial charge in [-0.25, -0.2) is 0 Å². The maximum absolute atomic E-state index is 5.63. The molecule has 1 aliphatic heterocycles. The summed E-state index contributed by atoms with van der Waals surface area (Å²) in [5.74, 6) is 0. The number of morpholine rings is 1. The molecule has 0 unspecified atom stereocenters. The van der Waals surface area contributed by atoms with E-state index >= 15 is 0 Å². The van der Waals surface area contributed by atoms with Crippen molar-refractivity contribution < 1.29 is 9.47 Å². The van der Waals surface area contributed by atoms with Gasteiger partial charge in [0.25, 0.3) is 0 Å². The Morgan fingerprint density at radius 1 is 1.62 bits per heavy atom. The molecule has 16 heavy (non-hydrogen) atoms. The van der Waals surface area contributed by atoms with Crippen LogP contribution in [0.5, 0.6) is 0 Å². The lowest BCUT2D eigenvalue weighted by Gasteiger charge is -2.34. The first-order valence-electron chi connectivity index (χ1n) is 5.57. The summed E-state index contributed by atoms with van der Waals surface area (Å²) in [5.41, 5.74) is 2.46. The molecule has 0 bridgehead atoms. The molecule has 1 saturated heterocycles. The second-order valence-corrected chi connectivity index (χ2v) is 4.06. The number of anilines is 1. The SMILES string of the molecule is COC[C@@H]1CN(c2ccncc2C)CCO1. The normalized spacial score (nSPS) is 21.1. The Morgan fingerprint density at radius 3 is 3.25 bits per heavy atom. The van der Waals surface area contributed by atoms with Gasteiger partial charge in [-0.1, -0.05) is 0 Å². The smallest absolute Gasteiger partial charge is 0.0983 e. The second-order valence-electron chi connectivity index (χ2n) is 4.06. The number of rotatable bonds is 3. The third-order valence-corrected chi connectivity index (χ3v) is 2.82. The number of hydrogen-bond acceptors (Lipinski definition) is 4. The van der Waals surface area contributed by atoms with Crippen LogP contribution in [0.3, 0.4) is 0 Å². The van der Waals surface area contributed by atoms with E-state index in [-0.39, 0.29) is 6.10 Å². The van der Waals surface area contributed by atoms with Gasteiger partial charge in [0, 0.05) is 38.3 Å². The largest absolute Gasteiger partial charge is 0.382 e. The van der Waals surface area contributed by atoms with Crippen LogP contribution >= 0.6 is 0 Å². The number of aryl methyl sites for hydroxylation is 1. The standard InChI is InChI=1S/C12H18N2O2/c1-10-7-13-4-3-12(10)14-5-6-16-11(8-14)9-15-2/h3-4,7,11H,5-6,8-9H2,1-2H3/t11-/m0/s1. The average Bonchev–Trinajstić information content (AvgIpc) is 2.30. The first kappa shape index (κ1) is 11.4. The molecular formula is C12H18N2O2. The molecule has 1 aromatic heterocycles. The number of aromatic nitrogens is 1. The van der Waals surface area contributed by atoms with Gasteiger partial charge in [0.2, 0.25) is 0 Å². The van der Waals surface area contributed by atoms with E-state index in [1.54, 1.807) is 7.11 Å². The van der Waals surface area contributed by atoms with E-state index in [1.807, 2.05) is 12.4 Å². The lowest BCUT2D eigenvalue weighted by molar-refractivity contribution is -0.0100. The Labute approximate surface area is 96.2 Å². The van der Waals surface area contributed by atoms with Crippen LogP contribution in [0.4, 0.5) is 5.69 Å². The minimum atomic E-state index is 0.173. The van der Waals surface area contributed by atoms with Gasteiger partial charge in [0.15, 0.2) is 0 Å². The third kappa shape index (κ3) is 2.51. The Morgan fingerprint density at radius 2 is 2.50 bits per heavy atom. The lowest BCUT2D eigenvalue weighted by Crippen LogP contribution is -2.44. The van der Waals surface area contributed by atoms with Gasteiger partial charge >= 0.3 is 0 Å². The van der Waals surface area contributed by atoms with Crippen molar-refractivity contribution in [3.63, 3.8) is 0 Å². The van der Waals surface area contributed by atoms with Crippen LogP contribution in [0.2, 0.25) is 0 Å². The summed E-state index contributed by atoms with van der Waals surface area (Å²) in [5, 5.41) is 0. The predicted molar refractivity (Wildman–Crippen MR) is 62.8 cm³/mol. The molecule has 2 rings (SSSR count). The van der Waals surface area contributed by atoms with Gasteiger partial charge < -0.3 is 14.4 Å². The molecule has 1 aliphatic rings. The van der Waals surface area contributed by atoms with Crippen molar-refractivity contribution in [2.45, 2.75) is 13.0 Å². The number of nitrogens with zero attached hydrogens (tertiary/aromatic N) is 2. The minimum Gasteiger partial charge on any atom is -0.382 e. The Kier molecular flexibility index (Phi) is 3.74. The quantitative estimate of drug-likeness (QED) is 0.770. The lowest BCUT2D eigenvalue weighted by atomic mass is 10.2. The number of ether oxygens (including phenoxy) is 2. The van der Waals surface area contributed by atoms with Crippen LogP contribution in [0.15, 0.2) is 18.5 Å². The summed E-state index contributed by atoms with van der Waals surface area (Å²) in [7, 11) is 1.71. The fourth-order valence-corrected chi connectivity index (χ4v) is 2.05. The van der Waals surface area contributed by atoms with Crippen LogP contribution < -0.4 is 4.90 Å². The van der Waals surface area contributed by atoms with E-state index in [0.717, 1.165) is 19.7 Å². The third-order valence-electron chi connectivity index (χ3n) is 2.82.